The Balaban J connectivity index is 2.86. The molecule has 0 heterocycles. The van der Waals surface area contributed by atoms with E-state index in [1.165, 1.54) is 68.2 Å². The van der Waals surface area contributed by atoms with Crippen molar-refractivity contribution >= 4 is 0 Å². The smallest absolute Gasteiger partial charge is 0.119 e. The second-order valence-corrected chi connectivity index (χ2v) is 8.41. The first-order chi connectivity index (χ1) is 12.5. The zero-order chi connectivity index (χ0) is 19.3. The Bertz CT molecular complexity index is 447. The minimum Gasteiger partial charge on any atom is -0.494 e. The van der Waals surface area contributed by atoms with Crippen molar-refractivity contribution in [3.8, 4) is 5.75 Å². The molecule has 0 aliphatic rings. The number of benzene rings is 1. The van der Waals surface area contributed by atoms with Crippen LogP contribution in [0.2, 0.25) is 0 Å². The maximum absolute atomic E-state index is 6.01. The van der Waals surface area contributed by atoms with Crippen molar-refractivity contribution in [3.05, 3.63) is 29.8 Å². The largest absolute Gasteiger partial charge is 0.494 e. The van der Waals surface area contributed by atoms with Gasteiger partial charge in [-0.15, -0.1) is 0 Å². The predicted octanol–water partition coefficient (Wildman–Crippen LogP) is 6.83. The van der Waals surface area contributed by atoms with E-state index in [-0.39, 0.29) is 0 Å². The van der Waals surface area contributed by atoms with Gasteiger partial charge in [0.2, 0.25) is 0 Å². The molecule has 1 rings (SSSR count). The molecule has 0 spiro atoms. The van der Waals surface area contributed by atoms with Crippen LogP contribution in [0.4, 0.5) is 0 Å². The quantitative estimate of drug-likeness (QED) is 0.311. The lowest BCUT2D eigenvalue weighted by Gasteiger charge is -2.39. The second-order valence-electron chi connectivity index (χ2n) is 8.41. The van der Waals surface area contributed by atoms with Gasteiger partial charge in [0.25, 0.3) is 0 Å². The molecular formula is C24H44NO+. The normalized spacial score (nSPS) is 11.9. The SMILES string of the molecule is CCCC[N+](CCCC)(CCCC)Cc1cccc(OCCC(C)C)c1. The van der Waals surface area contributed by atoms with Gasteiger partial charge in [-0.25, -0.2) is 0 Å². The molecule has 0 fully saturated rings. The summed E-state index contributed by atoms with van der Waals surface area (Å²) in [6.45, 7) is 17.4. The number of quaternary nitrogens is 1. The maximum atomic E-state index is 6.01. The molecule has 0 aromatic heterocycles. The number of hydrogen-bond donors (Lipinski definition) is 0. The molecule has 26 heavy (non-hydrogen) atoms. The number of hydrogen-bond acceptors (Lipinski definition) is 1. The molecular weight excluding hydrogens is 318 g/mol. The Hall–Kier alpha value is -1.02. The highest BCUT2D eigenvalue weighted by atomic mass is 16.5. The minimum absolute atomic E-state index is 0.694. The molecule has 0 saturated carbocycles. The van der Waals surface area contributed by atoms with Crippen LogP contribution in [-0.2, 0) is 6.54 Å². The Morgan fingerprint density at radius 3 is 1.96 bits per heavy atom. The summed E-state index contributed by atoms with van der Waals surface area (Å²) in [6.07, 6.45) is 8.98. The van der Waals surface area contributed by atoms with Crippen LogP contribution in [0.15, 0.2) is 24.3 Å². The van der Waals surface area contributed by atoms with Crippen LogP contribution in [0.25, 0.3) is 0 Å². The highest BCUT2D eigenvalue weighted by Crippen LogP contribution is 2.23. The van der Waals surface area contributed by atoms with Gasteiger partial charge in [0, 0.05) is 5.56 Å². The summed E-state index contributed by atoms with van der Waals surface area (Å²) in [5.74, 6) is 1.74. The summed E-state index contributed by atoms with van der Waals surface area (Å²) in [5.41, 5.74) is 1.44. The second kappa shape index (κ2) is 13.2. The maximum Gasteiger partial charge on any atom is 0.119 e. The van der Waals surface area contributed by atoms with Crippen molar-refractivity contribution < 1.29 is 9.22 Å². The number of unbranched alkanes of at least 4 members (excludes halogenated alkanes) is 3. The van der Waals surface area contributed by atoms with Crippen molar-refractivity contribution in [1.82, 2.24) is 0 Å². The number of ether oxygens (including phenoxy) is 1. The van der Waals surface area contributed by atoms with Crippen molar-refractivity contribution in [2.75, 3.05) is 26.2 Å². The van der Waals surface area contributed by atoms with Crippen LogP contribution >= 0.6 is 0 Å². The molecule has 0 amide bonds. The molecule has 0 saturated heterocycles. The predicted molar refractivity (Wildman–Crippen MR) is 115 cm³/mol. The average molecular weight is 363 g/mol. The molecule has 2 heteroatoms. The monoisotopic (exact) mass is 362 g/mol. The summed E-state index contributed by atoms with van der Waals surface area (Å²) >= 11 is 0. The molecule has 0 atom stereocenters. The molecule has 0 N–H and O–H groups in total. The summed E-state index contributed by atoms with van der Waals surface area (Å²) < 4.78 is 7.26. The van der Waals surface area contributed by atoms with Crippen LogP contribution in [-0.4, -0.2) is 30.7 Å². The molecule has 0 unspecified atom stereocenters. The Morgan fingerprint density at radius 1 is 0.885 bits per heavy atom. The van der Waals surface area contributed by atoms with E-state index in [4.69, 9.17) is 4.74 Å². The molecule has 0 aliphatic carbocycles. The van der Waals surface area contributed by atoms with Crippen molar-refractivity contribution in [1.29, 1.82) is 0 Å². The Labute approximate surface area is 163 Å². The molecule has 1 aromatic rings. The van der Waals surface area contributed by atoms with Gasteiger partial charge in [0.1, 0.15) is 12.3 Å². The van der Waals surface area contributed by atoms with Crippen LogP contribution in [0.1, 0.15) is 85.1 Å². The molecule has 150 valence electrons. The van der Waals surface area contributed by atoms with Gasteiger partial charge in [-0.1, -0.05) is 66.0 Å². The average Bonchev–Trinajstić information content (AvgIpc) is 2.63. The summed E-state index contributed by atoms with van der Waals surface area (Å²) in [5, 5.41) is 0. The summed E-state index contributed by atoms with van der Waals surface area (Å²) in [4.78, 5) is 0. The van der Waals surface area contributed by atoms with Gasteiger partial charge in [-0.2, -0.15) is 0 Å². The van der Waals surface area contributed by atoms with E-state index in [1.807, 2.05) is 0 Å². The van der Waals surface area contributed by atoms with Crippen LogP contribution in [0.5, 0.6) is 5.75 Å². The first kappa shape index (κ1) is 23.0. The van der Waals surface area contributed by atoms with Crippen molar-refractivity contribution in [2.45, 2.75) is 86.1 Å². The fourth-order valence-electron chi connectivity index (χ4n) is 3.59. The van der Waals surface area contributed by atoms with E-state index < -0.39 is 0 Å². The third kappa shape index (κ3) is 9.07. The van der Waals surface area contributed by atoms with E-state index in [0.29, 0.717) is 5.92 Å². The fraction of sp³-hybridized carbons (Fsp3) is 0.750. The van der Waals surface area contributed by atoms with Crippen LogP contribution in [0.3, 0.4) is 0 Å². The minimum atomic E-state index is 0.694. The Morgan fingerprint density at radius 2 is 1.46 bits per heavy atom. The van der Waals surface area contributed by atoms with Gasteiger partial charge < -0.3 is 9.22 Å². The number of rotatable bonds is 15. The first-order valence-electron chi connectivity index (χ1n) is 11.1. The van der Waals surface area contributed by atoms with Crippen LogP contribution < -0.4 is 4.74 Å². The van der Waals surface area contributed by atoms with Gasteiger partial charge in [-0.05, 0) is 43.7 Å². The summed E-state index contributed by atoms with van der Waals surface area (Å²) in [6, 6.07) is 8.88. The molecule has 2 nitrogen and oxygen atoms in total. The van der Waals surface area contributed by atoms with Gasteiger partial charge in [0.05, 0.1) is 26.2 Å². The van der Waals surface area contributed by atoms with Crippen LogP contribution in [0, 0.1) is 5.92 Å². The molecule has 0 bridgehead atoms. The lowest BCUT2D eigenvalue weighted by Crippen LogP contribution is -2.49. The van der Waals surface area contributed by atoms with E-state index in [2.05, 4.69) is 58.9 Å². The lowest BCUT2D eigenvalue weighted by molar-refractivity contribution is -0.941. The summed E-state index contributed by atoms with van der Waals surface area (Å²) in [7, 11) is 0. The highest BCUT2D eigenvalue weighted by molar-refractivity contribution is 5.28. The first-order valence-corrected chi connectivity index (χ1v) is 11.1. The third-order valence-corrected chi connectivity index (χ3v) is 5.34. The van der Waals surface area contributed by atoms with E-state index in [0.717, 1.165) is 25.3 Å². The molecule has 1 aromatic carbocycles. The third-order valence-electron chi connectivity index (χ3n) is 5.34. The van der Waals surface area contributed by atoms with E-state index in [9.17, 15) is 0 Å². The fourth-order valence-corrected chi connectivity index (χ4v) is 3.59. The van der Waals surface area contributed by atoms with Gasteiger partial charge >= 0.3 is 0 Å². The lowest BCUT2D eigenvalue weighted by atomic mass is 10.1. The van der Waals surface area contributed by atoms with E-state index in [1.54, 1.807) is 0 Å². The van der Waals surface area contributed by atoms with Crippen molar-refractivity contribution in [2.24, 2.45) is 5.92 Å². The zero-order valence-corrected chi connectivity index (χ0v) is 18.2. The zero-order valence-electron chi connectivity index (χ0n) is 18.2. The topological polar surface area (TPSA) is 9.23 Å². The van der Waals surface area contributed by atoms with Gasteiger partial charge in [-0.3, -0.25) is 0 Å². The van der Waals surface area contributed by atoms with E-state index >= 15 is 0 Å². The van der Waals surface area contributed by atoms with Gasteiger partial charge in [0.15, 0.2) is 0 Å². The van der Waals surface area contributed by atoms with Crippen molar-refractivity contribution in [3.63, 3.8) is 0 Å². The highest BCUT2D eigenvalue weighted by Gasteiger charge is 2.26. The Kier molecular flexibility index (Phi) is 11.7. The molecule has 0 radical (unpaired) electrons. The standard InChI is InChI=1S/C24H44NO/c1-6-9-16-25(17-10-7-2,18-11-8-3)21-23-13-12-14-24(20-23)26-19-15-22(4)5/h12-14,20,22H,6-11,15-19,21H2,1-5H3/q+1. The molecule has 0 aliphatic heterocycles. The number of nitrogens with zero attached hydrogens (tertiary/aromatic N) is 1.